The minimum absolute atomic E-state index is 0.259. The second kappa shape index (κ2) is 7.01. The summed E-state index contributed by atoms with van der Waals surface area (Å²) in [5.74, 6) is 1.58. The molecule has 106 valence electrons. The smallest absolute Gasteiger partial charge is 0.145 e. The van der Waals surface area contributed by atoms with Crippen molar-refractivity contribution in [2.24, 2.45) is 5.92 Å². The largest absolute Gasteiger partial charge is 0.455 e. The summed E-state index contributed by atoms with van der Waals surface area (Å²) in [5, 5.41) is 3.29. The van der Waals surface area contributed by atoms with Crippen LogP contribution < -0.4 is 10.1 Å². The number of hydrogen-bond donors (Lipinski definition) is 1. The van der Waals surface area contributed by atoms with Crippen molar-refractivity contribution < 1.29 is 9.13 Å². The van der Waals surface area contributed by atoms with Gasteiger partial charge in [-0.3, -0.25) is 4.98 Å². The maximum absolute atomic E-state index is 13.4. The van der Waals surface area contributed by atoms with E-state index in [0.717, 1.165) is 12.1 Å². The Morgan fingerprint density at radius 3 is 2.85 bits per heavy atom. The lowest BCUT2D eigenvalue weighted by Crippen LogP contribution is -2.19. The molecule has 0 spiro atoms. The zero-order chi connectivity index (χ0) is 14.4. The molecule has 1 N–H and O–H groups in total. The van der Waals surface area contributed by atoms with Crippen molar-refractivity contribution in [1.29, 1.82) is 0 Å². The van der Waals surface area contributed by atoms with Gasteiger partial charge in [0.25, 0.3) is 0 Å². The van der Waals surface area contributed by atoms with Crippen molar-refractivity contribution in [2.75, 3.05) is 6.54 Å². The first-order chi connectivity index (χ1) is 9.65. The number of benzene rings is 1. The molecule has 0 saturated carbocycles. The van der Waals surface area contributed by atoms with E-state index in [1.165, 1.54) is 12.1 Å². The molecule has 0 unspecified atom stereocenters. The minimum Gasteiger partial charge on any atom is -0.455 e. The molecule has 0 saturated heterocycles. The van der Waals surface area contributed by atoms with E-state index < -0.39 is 0 Å². The Bertz CT molecular complexity index is 543. The molecule has 0 bridgehead atoms. The molecule has 0 fully saturated rings. The van der Waals surface area contributed by atoms with Gasteiger partial charge < -0.3 is 10.1 Å². The predicted octanol–water partition coefficient (Wildman–Crippen LogP) is 3.76. The number of halogens is 1. The first kappa shape index (κ1) is 14.5. The van der Waals surface area contributed by atoms with E-state index in [4.69, 9.17) is 4.74 Å². The Morgan fingerprint density at radius 2 is 2.15 bits per heavy atom. The molecular formula is C16H19FN2O. The van der Waals surface area contributed by atoms with E-state index in [1.54, 1.807) is 24.5 Å². The molecule has 3 nitrogen and oxygen atoms in total. The Kier molecular flexibility index (Phi) is 5.07. The molecule has 2 rings (SSSR count). The summed E-state index contributed by atoms with van der Waals surface area (Å²) < 4.78 is 19.1. The van der Waals surface area contributed by atoms with Gasteiger partial charge in [0.15, 0.2) is 0 Å². The van der Waals surface area contributed by atoms with E-state index in [-0.39, 0.29) is 5.82 Å². The van der Waals surface area contributed by atoms with Gasteiger partial charge in [0.2, 0.25) is 0 Å². The van der Waals surface area contributed by atoms with Crippen molar-refractivity contribution in [3.63, 3.8) is 0 Å². The maximum atomic E-state index is 13.4. The number of pyridine rings is 1. The van der Waals surface area contributed by atoms with Crippen molar-refractivity contribution in [2.45, 2.75) is 20.4 Å². The number of hydrogen-bond acceptors (Lipinski definition) is 3. The highest BCUT2D eigenvalue weighted by molar-refractivity contribution is 5.37. The number of ether oxygens (including phenoxy) is 1. The third kappa shape index (κ3) is 4.31. The van der Waals surface area contributed by atoms with Crippen LogP contribution in [0.1, 0.15) is 19.4 Å². The van der Waals surface area contributed by atoms with Crippen molar-refractivity contribution in [3.05, 3.63) is 54.1 Å². The van der Waals surface area contributed by atoms with Crippen LogP contribution in [-0.2, 0) is 6.54 Å². The van der Waals surface area contributed by atoms with E-state index in [2.05, 4.69) is 24.1 Å². The van der Waals surface area contributed by atoms with Gasteiger partial charge in [0.05, 0.1) is 6.20 Å². The summed E-state index contributed by atoms with van der Waals surface area (Å²) in [7, 11) is 0. The van der Waals surface area contributed by atoms with Gasteiger partial charge in [-0.25, -0.2) is 4.39 Å². The fourth-order valence-electron chi connectivity index (χ4n) is 1.82. The van der Waals surface area contributed by atoms with E-state index in [0.29, 0.717) is 24.0 Å². The average Bonchev–Trinajstić information content (AvgIpc) is 2.42. The van der Waals surface area contributed by atoms with Gasteiger partial charge in [-0.05, 0) is 42.8 Å². The SMILES string of the molecule is CC(C)CNCc1cc(F)ccc1Oc1cccnc1. The van der Waals surface area contributed by atoms with Gasteiger partial charge in [0.1, 0.15) is 17.3 Å². The van der Waals surface area contributed by atoms with E-state index in [9.17, 15) is 4.39 Å². The van der Waals surface area contributed by atoms with E-state index in [1.807, 2.05) is 6.07 Å². The number of aromatic nitrogens is 1. The van der Waals surface area contributed by atoms with Crippen LogP contribution in [0, 0.1) is 11.7 Å². The molecule has 0 amide bonds. The summed E-state index contributed by atoms with van der Waals surface area (Å²) >= 11 is 0. The summed E-state index contributed by atoms with van der Waals surface area (Å²) in [6.45, 7) is 5.71. The van der Waals surface area contributed by atoms with Crippen LogP contribution >= 0.6 is 0 Å². The van der Waals surface area contributed by atoms with E-state index >= 15 is 0 Å². The first-order valence-corrected chi connectivity index (χ1v) is 6.72. The lowest BCUT2D eigenvalue weighted by Gasteiger charge is -2.13. The van der Waals surface area contributed by atoms with Crippen LogP contribution in [0.4, 0.5) is 4.39 Å². The summed E-state index contributed by atoms with van der Waals surface area (Å²) in [6, 6.07) is 8.17. The van der Waals surface area contributed by atoms with Crippen LogP contribution in [0.15, 0.2) is 42.7 Å². The van der Waals surface area contributed by atoms with Crippen LogP contribution in [0.2, 0.25) is 0 Å². The first-order valence-electron chi connectivity index (χ1n) is 6.72. The monoisotopic (exact) mass is 274 g/mol. The Hall–Kier alpha value is -1.94. The summed E-state index contributed by atoms with van der Waals surface area (Å²) in [4.78, 5) is 4.00. The molecular weight excluding hydrogens is 255 g/mol. The highest BCUT2D eigenvalue weighted by atomic mass is 19.1. The van der Waals surface area contributed by atoms with Gasteiger partial charge >= 0.3 is 0 Å². The molecule has 0 aliphatic heterocycles. The maximum Gasteiger partial charge on any atom is 0.145 e. The zero-order valence-corrected chi connectivity index (χ0v) is 11.8. The minimum atomic E-state index is -0.259. The molecule has 1 heterocycles. The molecule has 1 aromatic carbocycles. The van der Waals surface area contributed by atoms with Gasteiger partial charge in [0, 0.05) is 18.3 Å². The normalized spacial score (nSPS) is 10.8. The Morgan fingerprint density at radius 1 is 1.30 bits per heavy atom. The highest BCUT2D eigenvalue weighted by Crippen LogP contribution is 2.25. The fourth-order valence-corrected chi connectivity index (χ4v) is 1.82. The lowest BCUT2D eigenvalue weighted by molar-refractivity contribution is 0.464. The summed E-state index contributed by atoms with van der Waals surface area (Å²) in [6.07, 6.45) is 3.32. The second-order valence-electron chi connectivity index (χ2n) is 5.07. The van der Waals surface area contributed by atoms with Crippen LogP contribution in [0.3, 0.4) is 0 Å². The molecule has 1 aromatic heterocycles. The third-order valence-electron chi connectivity index (χ3n) is 2.75. The molecule has 0 radical (unpaired) electrons. The zero-order valence-electron chi connectivity index (χ0n) is 11.8. The van der Waals surface area contributed by atoms with Crippen LogP contribution in [0.5, 0.6) is 11.5 Å². The summed E-state index contributed by atoms with van der Waals surface area (Å²) in [5.41, 5.74) is 0.800. The van der Waals surface area contributed by atoms with Crippen LogP contribution in [-0.4, -0.2) is 11.5 Å². The quantitative estimate of drug-likeness (QED) is 0.871. The van der Waals surface area contributed by atoms with Gasteiger partial charge in [-0.1, -0.05) is 13.8 Å². The molecule has 4 heteroatoms. The molecule has 2 aromatic rings. The molecule has 0 aliphatic rings. The lowest BCUT2D eigenvalue weighted by atomic mass is 10.1. The molecule has 20 heavy (non-hydrogen) atoms. The van der Waals surface area contributed by atoms with Gasteiger partial charge in [-0.2, -0.15) is 0 Å². The number of rotatable bonds is 6. The topological polar surface area (TPSA) is 34.1 Å². The molecule has 0 aliphatic carbocycles. The van der Waals surface area contributed by atoms with Crippen molar-refractivity contribution in [1.82, 2.24) is 10.3 Å². The standard InChI is InChI=1S/C16H19FN2O/c1-12(2)9-19-10-13-8-14(17)5-6-16(13)20-15-4-3-7-18-11-15/h3-8,11-12,19H,9-10H2,1-2H3. The van der Waals surface area contributed by atoms with Crippen molar-refractivity contribution in [3.8, 4) is 11.5 Å². The predicted molar refractivity (Wildman–Crippen MR) is 77.3 cm³/mol. The molecule has 0 atom stereocenters. The Balaban J connectivity index is 2.11. The third-order valence-corrected chi connectivity index (χ3v) is 2.75. The second-order valence-corrected chi connectivity index (χ2v) is 5.07. The average molecular weight is 274 g/mol. The van der Waals surface area contributed by atoms with Crippen molar-refractivity contribution >= 4 is 0 Å². The highest BCUT2D eigenvalue weighted by Gasteiger charge is 2.07. The van der Waals surface area contributed by atoms with Gasteiger partial charge in [-0.15, -0.1) is 0 Å². The number of nitrogens with one attached hydrogen (secondary N) is 1. The number of nitrogens with zero attached hydrogens (tertiary/aromatic N) is 1. The van der Waals surface area contributed by atoms with Crippen LogP contribution in [0.25, 0.3) is 0 Å². The Labute approximate surface area is 118 Å². The fraction of sp³-hybridized carbons (Fsp3) is 0.312.